The van der Waals surface area contributed by atoms with Gasteiger partial charge in [0.15, 0.2) is 5.65 Å². The Hall–Kier alpha value is -2.50. The molecule has 0 radical (unpaired) electrons. The fraction of sp³-hybridized carbons (Fsp3) is 0.375. The molecule has 1 aliphatic carbocycles. The summed E-state index contributed by atoms with van der Waals surface area (Å²) in [6.45, 7) is 1.84. The van der Waals surface area contributed by atoms with Gasteiger partial charge in [-0.3, -0.25) is 19.4 Å². The minimum Gasteiger partial charge on any atom is -0.289 e. The van der Waals surface area contributed by atoms with Crippen molar-refractivity contribution < 1.29 is 0 Å². The predicted molar refractivity (Wildman–Crippen MR) is 83.6 cm³/mol. The number of rotatable bonds is 2. The lowest BCUT2D eigenvalue weighted by Gasteiger charge is -2.18. The molecule has 0 atom stereocenters. The second-order valence-corrected chi connectivity index (χ2v) is 5.82. The Morgan fingerprint density at radius 1 is 1.23 bits per heavy atom. The Morgan fingerprint density at radius 2 is 1.95 bits per heavy atom. The first-order chi connectivity index (χ1) is 10.8. The van der Waals surface area contributed by atoms with E-state index < -0.39 is 0 Å². The average molecular weight is 295 g/mol. The van der Waals surface area contributed by atoms with E-state index in [0.29, 0.717) is 22.6 Å². The molecule has 112 valence electrons. The predicted octanol–water partition coefficient (Wildman–Crippen LogP) is 2.61. The van der Waals surface area contributed by atoms with Gasteiger partial charge in [-0.05, 0) is 31.9 Å². The number of pyridine rings is 1. The molecule has 1 saturated carbocycles. The summed E-state index contributed by atoms with van der Waals surface area (Å²) in [5, 5.41) is 7.61. The number of aromatic amines is 1. The summed E-state index contributed by atoms with van der Waals surface area (Å²) in [4.78, 5) is 21.8. The molecule has 3 aromatic heterocycles. The van der Waals surface area contributed by atoms with Gasteiger partial charge >= 0.3 is 0 Å². The number of H-pyrrole nitrogens is 1. The van der Waals surface area contributed by atoms with E-state index in [2.05, 4.69) is 20.2 Å². The van der Waals surface area contributed by atoms with Gasteiger partial charge in [0, 0.05) is 24.0 Å². The van der Waals surface area contributed by atoms with E-state index in [0.717, 1.165) is 31.2 Å². The van der Waals surface area contributed by atoms with E-state index in [1.165, 1.54) is 0 Å². The van der Waals surface area contributed by atoms with Gasteiger partial charge in [-0.1, -0.05) is 12.8 Å². The molecule has 1 fully saturated rings. The molecule has 3 heterocycles. The number of aryl methyl sites for hydroxylation is 1. The van der Waals surface area contributed by atoms with Crippen molar-refractivity contribution in [3.8, 4) is 11.4 Å². The van der Waals surface area contributed by atoms with Crippen LogP contribution in [0.2, 0.25) is 0 Å². The van der Waals surface area contributed by atoms with E-state index in [4.69, 9.17) is 0 Å². The molecule has 6 heteroatoms. The highest BCUT2D eigenvalue weighted by atomic mass is 16.1. The van der Waals surface area contributed by atoms with Crippen molar-refractivity contribution in [1.29, 1.82) is 0 Å². The Bertz CT molecular complexity index is 875. The van der Waals surface area contributed by atoms with E-state index >= 15 is 0 Å². The third-order valence-electron chi connectivity index (χ3n) is 4.44. The van der Waals surface area contributed by atoms with Gasteiger partial charge in [-0.25, -0.2) is 4.98 Å². The fourth-order valence-electron chi connectivity index (χ4n) is 3.34. The van der Waals surface area contributed by atoms with Gasteiger partial charge in [0.25, 0.3) is 5.56 Å². The van der Waals surface area contributed by atoms with Crippen molar-refractivity contribution in [2.24, 2.45) is 0 Å². The topological polar surface area (TPSA) is 76.5 Å². The summed E-state index contributed by atoms with van der Waals surface area (Å²) in [5.74, 6) is 0.704. The van der Waals surface area contributed by atoms with Crippen LogP contribution in [-0.2, 0) is 0 Å². The highest BCUT2D eigenvalue weighted by molar-refractivity contribution is 5.78. The molecule has 0 aliphatic heterocycles. The number of hydrogen-bond donors (Lipinski definition) is 1. The summed E-state index contributed by atoms with van der Waals surface area (Å²) < 4.78 is 1.87. The van der Waals surface area contributed by atoms with Gasteiger partial charge in [0.1, 0.15) is 11.2 Å². The molecular weight excluding hydrogens is 278 g/mol. The third kappa shape index (κ3) is 1.94. The van der Waals surface area contributed by atoms with Gasteiger partial charge in [0.05, 0.1) is 5.69 Å². The Kier molecular flexibility index (Phi) is 3.03. The highest BCUT2D eigenvalue weighted by Crippen LogP contribution is 2.32. The van der Waals surface area contributed by atoms with Crippen molar-refractivity contribution in [3.05, 3.63) is 40.6 Å². The molecule has 6 nitrogen and oxygen atoms in total. The first-order valence-corrected chi connectivity index (χ1v) is 7.63. The summed E-state index contributed by atoms with van der Waals surface area (Å²) in [7, 11) is 0. The number of aromatic nitrogens is 5. The first-order valence-electron chi connectivity index (χ1n) is 7.63. The van der Waals surface area contributed by atoms with Crippen molar-refractivity contribution in [1.82, 2.24) is 24.7 Å². The third-order valence-corrected chi connectivity index (χ3v) is 4.44. The minimum atomic E-state index is 0.00922. The van der Waals surface area contributed by atoms with Crippen molar-refractivity contribution in [3.63, 3.8) is 0 Å². The van der Waals surface area contributed by atoms with Gasteiger partial charge < -0.3 is 0 Å². The van der Waals surface area contributed by atoms with Crippen molar-refractivity contribution in [2.75, 3.05) is 0 Å². The first kappa shape index (κ1) is 13.2. The minimum absolute atomic E-state index is 0.00922. The average Bonchev–Trinajstić information content (AvgIpc) is 3.18. The molecule has 0 unspecified atom stereocenters. The summed E-state index contributed by atoms with van der Waals surface area (Å²) >= 11 is 0. The van der Waals surface area contributed by atoms with Crippen LogP contribution in [0.5, 0.6) is 0 Å². The number of hydrogen-bond acceptors (Lipinski definition) is 4. The van der Waals surface area contributed by atoms with Crippen LogP contribution in [0.1, 0.15) is 37.4 Å². The standard InChI is InChI=1S/C16H17N5O/c1-10-13-14(20-19-10)18-15(11-6-8-17-9-7-11)21(16(13)22)12-4-2-3-5-12/h6-9,12H,2-5H2,1H3,(H,19,20). The fourth-order valence-corrected chi connectivity index (χ4v) is 3.34. The molecule has 1 N–H and O–H groups in total. The lowest BCUT2D eigenvalue weighted by molar-refractivity contribution is 0.505. The molecule has 0 aromatic carbocycles. The maximum atomic E-state index is 13.0. The van der Waals surface area contributed by atoms with Crippen LogP contribution in [0.25, 0.3) is 22.4 Å². The molecular formula is C16H17N5O. The number of fused-ring (bicyclic) bond motifs is 1. The summed E-state index contributed by atoms with van der Waals surface area (Å²) in [5.41, 5.74) is 2.19. The molecule has 0 amide bonds. The number of nitrogens with one attached hydrogen (secondary N) is 1. The van der Waals surface area contributed by atoms with Crippen LogP contribution in [0.15, 0.2) is 29.3 Å². The molecule has 0 spiro atoms. The van der Waals surface area contributed by atoms with Crippen LogP contribution < -0.4 is 5.56 Å². The van der Waals surface area contributed by atoms with Crippen LogP contribution in [0, 0.1) is 6.92 Å². The molecule has 22 heavy (non-hydrogen) atoms. The normalized spacial score (nSPS) is 15.7. The smallest absolute Gasteiger partial charge is 0.265 e. The van der Waals surface area contributed by atoms with Gasteiger partial charge in [-0.2, -0.15) is 5.10 Å². The zero-order valence-corrected chi connectivity index (χ0v) is 12.4. The second kappa shape index (κ2) is 5.05. The second-order valence-electron chi connectivity index (χ2n) is 5.82. The Labute approximate surface area is 127 Å². The van der Waals surface area contributed by atoms with Crippen LogP contribution in [0.3, 0.4) is 0 Å². The van der Waals surface area contributed by atoms with E-state index in [1.807, 2.05) is 23.6 Å². The Balaban J connectivity index is 2.05. The molecule has 0 bridgehead atoms. The van der Waals surface area contributed by atoms with E-state index in [1.54, 1.807) is 12.4 Å². The van der Waals surface area contributed by atoms with Crippen LogP contribution >= 0.6 is 0 Å². The van der Waals surface area contributed by atoms with E-state index in [9.17, 15) is 4.79 Å². The summed E-state index contributed by atoms with van der Waals surface area (Å²) in [6.07, 6.45) is 7.83. The zero-order chi connectivity index (χ0) is 15.1. The lowest BCUT2D eigenvalue weighted by Crippen LogP contribution is -2.26. The maximum Gasteiger partial charge on any atom is 0.265 e. The maximum absolute atomic E-state index is 13.0. The van der Waals surface area contributed by atoms with Crippen molar-refractivity contribution >= 4 is 11.0 Å². The largest absolute Gasteiger partial charge is 0.289 e. The SMILES string of the molecule is Cc1n[nH]c2nc(-c3ccncc3)n(C3CCCC3)c(=O)c12. The molecule has 4 rings (SSSR count). The highest BCUT2D eigenvalue weighted by Gasteiger charge is 2.24. The molecule has 3 aromatic rings. The molecule has 0 saturated heterocycles. The van der Waals surface area contributed by atoms with Gasteiger partial charge in [-0.15, -0.1) is 0 Å². The Morgan fingerprint density at radius 3 is 2.68 bits per heavy atom. The lowest BCUT2D eigenvalue weighted by atomic mass is 10.1. The summed E-state index contributed by atoms with van der Waals surface area (Å²) in [6, 6.07) is 4.01. The van der Waals surface area contributed by atoms with E-state index in [-0.39, 0.29) is 11.6 Å². The van der Waals surface area contributed by atoms with Crippen molar-refractivity contribution in [2.45, 2.75) is 38.6 Å². The van der Waals surface area contributed by atoms with Crippen LogP contribution in [-0.4, -0.2) is 24.7 Å². The van der Waals surface area contributed by atoms with Gasteiger partial charge in [0.2, 0.25) is 0 Å². The zero-order valence-electron chi connectivity index (χ0n) is 12.4. The molecule has 1 aliphatic rings. The van der Waals surface area contributed by atoms with Crippen LogP contribution in [0.4, 0.5) is 0 Å². The monoisotopic (exact) mass is 295 g/mol. The quantitative estimate of drug-likeness (QED) is 0.788. The number of nitrogens with zero attached hydrogens (tertiary/aromatic N) is 4.